The van der Waals surface area contributed by atoms with Crippen molar-refractivity contribution < 1.29 is 19.4 Å². The molecule has 3 N–H and O–H groups in total. The number of rotatable bonds is 6. The van der Waals surface area contributed by atoms with Gasteiger partial charge in [0.25, 0.3) is 5.91 Å². The van der Waals surface area contributed by atoms with Crippen LogP contribution >= 0.6 is 0 Å². The van der Waals surface area contributed by atoms with E-state index in [1.54, 1.807) is 23.1 Å². The number of hydrogen-bond acceptors (Lipinski definition) is 6. The summed E-state index contributed by atoms with van der Waals surface area (Å²) < 4.78 is 5.56. The van der Waals surface area contributed by atoms with E-state index < -0.39 is 0 Å². The summed E-state index contributed by atoms with van der Waals surface area (Å²) in [6, 6.07) is 5.12. The number of fused-ring (bicyclic) bond motifs is 1. The monoisotopic (exact) mass is 480 g/mol. The Morgan fingerprint density at radius 1 is 1.11 bits per heavy atom. The van der Waals surface area contributed by atoms with Crippen LogP contribution in [0.15, 0.2) is 18.2 Å². The molecule has 0 atom stereocenters. The van der Waals surface area contributed by atoms with E-state index >= 15 is 0 Å². The number of nitrogens with zero attached hydrogens (tertiary/aromatic N) is 2. The molecular weight excluding hydrogens is 444 g/mol. The van der Waals surface area contributed by atoms with Gasteiger partial charge in [0.1, 0.15) is 17.1 Å². The molecule has 0 saturated carbocycles. The third-order valence-electron chi connectivity index (χ3n) is 6.11. The average molecular weight is 481 g/mol. The highest BCUT2D eigenvalue weighted by atomic mass is 16.5. The van der Waals surface area contributed by atoms with E-state index in [1.807, 2.05) is 48.5 Å². The Bertz CT molecular complexity index is 1150. The van der Waals surface area contributed by atoms with Gasteiger partial charge in [-0.1, -0.05) is 41.5 Å². The molecule has 0 aliphatic carbocycles. The molecule has 1 aromatic heterocycles. The maximum atomic E-state index is 13.4. The summed E-state index contributed by atoms with van der Waals surface area (Å²) in [5.74, 6) is 0.0709. The van der Waals surface area contributed by atoms with E-state index in [1.165, 1.54) is 7.05 Å². The van der Waals surface area contributed by atoms with Crippen molar-refractivity contribution in [3.8, 4) is 11.6 Å². The van der Waals surface area contributed by atoms with Crippen molar-refractivity contribution in [2.45, 2.75) is 65.8 Å². The Morgan fingerprint density at radius 3 is 2.17 bits per heavy atom. The number of amides is 1. The number of ketones is 1. The molecule has 0 bridgehead atoms. The molecule has 188 valence electrons. The first kappa shape index (κ1) is 26.2. The van der Waals surface area contributed by atoms with Crippen molar-refractivity contribution in [2.75, 3.05) is 20.2 Å². The molecule has 2 aromatic rings. The Balaban J connectivity index is 1.96. The summed E-state index contributed by atoms with van der Waals surface area (Å²) in [6.07, 6.45) is 0. The predicted molar refractivity (Wildman–Crippen MR) is 136 cm³/mol. The van der Waals surface area contributed by atoms with Gasteiger partial charge in [-0.15, -0.1) is 0 Å². The van der Waals surface area contributed by atoms with Crippen LogP contribution in [-0.2, 0) is 17.4 Å². The lowest BCUT2D eigenvalue weighted by molar-refractivity contribution is 0.0952. The number of ether oxygens (including phenoxy) is 1. The van der Waals surface area contributed by atoms with Crippen molar-refractivity contribution in [1.29, 1.82) is 5.41 Å². The second kappa shape index (κ2) is 9.32. The van der Waals surface area contributed by atoms with Crippen LogP contribution in [0.4, 0.5) is 0 Å². The van der Waals surface area contributed by atoms with E-state index in [0.717, 1.165) is 0 Å². The summed E-state index contributed by atoms with van der Waals surface area (Å²) in [5.41, 5.74) is 2.58. The molecule has 35 heavy (non-hydrogen) atoms. The van der Waals surface area contributed by atoms with Crippen LogP contribution in [0.2, 0.25) is 0 Å². The van der Waals surface area contributed by atoms with Crippen LogP contribution in [0.5, 0.6) is 11.6 Å². The van der Waals surface area contributed by atoms with Gasteiger partial charge in [-0.2, -0.15) is 0 Å². The fourth-order valence-corrected chi connectivity index (χ4v) is 4.17. The summed E-state index contributed by atoms with van der Waals surface area (Å²) in [7, 11) is 1.52. The molecule has 8 heteroatoms. The minimum absolute atomic E-state index is 0.0214. The first-order chi connectivity index (χ1) is 16.2. The third-order valence-corrected chi connectivity index (χ3v) is 6.11. The SMILES string of the molecule is CCOc1nc2c(cc1C(=O)NC)C(=N)N(CC(=O)c1cc(C(C)(C)C)c(O)c(C(C)(C)C)c1)C2. The van der Waals surface area contributed by atoms with Crippen LogP contribution in [0.3, 0.4) is 0 Å². The number of nitrogens with one attached hydrogen (secondary N) is 2. The number of aromatic hydroxyl groups is 1. The quantitative estimate of drug-likeness (QED) is 0.535. The van der Waals surface area contributed by atoms with Gasteiger partial charge >= 0.3 is 0 Å². The van der Waals surface area contributed by atoms with Gasteiger partial charge in [-0.25, -0.2) is 4.98 Å². The van der Waals surface area contributed by atoms with E-state index in [0.29, 0.717) is 34.6 Å². The van der Waals surface area contributed by atoms with Crippen LogP contribution in [0, 0.1) is 5.41 Å². The zero-order valence-electron chi connectivity index (χ0n) is 21.9. The molecule has 1 aromatic carbocycles. The molecular formula is C27H36N4O4. The zero-order chi connectivity index (χ0) is 26.3. The standard InChI is InChI=1S/C27H36N4O4/c1-9-35-25-17(24(34)29-8)12-16-20(30-25)13-31(23(16)28)14-21(32)15-10-18(26(2,3)4)22(33)19(11-15)27(5,6)7/h10-12,28,33H,9,13-14H2,1-8H3,(H,29,34). The largest absolute Gasteiger partial charge is 0.507 e. The number of carbonyl (C=O) groups is 2. The molecule has 0 radical (unpaired) electrons. The number of amidine groups is 1. The minimum Gasteiger partial charge on any atom is -0.507 e. The van der Waals surface area contributed by atoms with Crippen LogP contribution in [0.25, 0.3) is 0 Å². The lowest BCUT2D eigenvalue weighted by Crippen LogP contribution is -2.31. The van der Waals surface area contributed by atoms with Gasteiger partial charge < -0.3 is 20.1 Å². The lowest BCUT2D eigenvalue weighted by atomic mass is 9.78. The maximum absolute atomic E-state index is 13.4. The molecule has 2 heterocycles. The average Bonchev–Trinajstić information content (AvgIpc) is 3.05. The predicted octanol–water partition coefficient (Wildman–Crippen LogP) is 4.16. The molecule has 0 unspecified atom stereocenters. The molecule has 3 rings (SSSR count). The van der Waals surface area contributed by atoms with E-state index in [9.17, 15) is 14.7 Å². The smallest absolute Gasteiger partial charge is 0.256 e. The first-order valence-electron chi connectivity index (χ1n) is 11.8. The zero-order valence-corrected chi connectivity index (χ0v) is 21.9. The summed E-state index contributed by atoms with van der Waals surface area (Å²) in [4.78, 5) is 31.9. The maximum Gasteiger partial charge on any atom is 0.256 e. The number of Topliss-reactive ketones (excluding diaryl/α,β-unsaturated/α-hetero) is 1. The van der Waals surface area contributed by atoms with Crippen molar-refractivity contribution in [2.24, 2.45) is 0 Å². The Labute approximate surface area is 207 Å². The van der Waals surface area contributed by atoms with Crippen molar-refractivity contribution >= 4 is 17.5 Å². The highest BCUT2D eigenvalue weighted by molar-refractivity contribution is 6.07. The topological polar surface area (TPSA) is 116 Å². The van der Waals surface area contributed by atoms with E-state index in [2.05, 4.69) is 10.3 Å². The second-order valence-corrected chi connectivity index (χ2v) is 10.9. The van der Waals surface area contributed by atoms with Gasteiger partial charge in [-0.05, 0) is 36.0 Å². The Morgan fingerprint density at radius 2 is 1.69 bits per heavy atom. The molecule has 0 fully saturated rings. The van der Waals surface area contributed by atoms with E-state index in [4.69, 9.17) is 10.1 Å². The highest BCUT2D eigenvalue weighted by Crippen LogP contribution is 2.40. The molecule has 0 spiro atoms. The molecule has 0 saturated heterocycles. The molecule has 1 aliphatic rings. The molecule has 1 aliphatic heterocycles. The first-order valence-corrected chi connectivity index (χ1v) is 11.8. The number of aromatic nitrogens is 1. The highest BCUT2D eigenvalue weighted by Gasteiger charge is 2.32. The molecule has 8 nitrogen and oxygen atoms in total. The summed E-state index contributed by atoms with van der Waals surface area (Å²) in [6.45, 7) is 14.4. The van der Waals surface area contributed by atoms with Gasteiger partial charge in [-0.3, -0.25) is 15.0 Å². The second-order valence-electron chi connectivity index (χ2n) is 10.9. The molecule has 1 amide bonds. The third kappa shape index (κ3) is 5.16. The minimum atomic E-state index is -0.354. The number of pyridine rings is 1. The van der Waals surface area contributed by atoms with E-state index in [-0.39, 0.29) is 58.6 Å². The number of carbonyl (C=O) groups excluding carboxylic acids is 2. The fourth-order valence-electron chi connectivity index (χ4n) is 4.17. The van der Waals surface area contributed by atoms with Crippen molar-refractivity contribution in [3.63, 3.8) is 0 Å². The normalized spacial score (nSPS) is 13.6. The van der Waals surface area contributed by atoms with Crippen LogP contribution in [-0.4, -0.2) is 52.7 Å². The van der Waals surface area contributed by atoms with Gasteiger partial charge in [0.2, 0.25) is 5.88 Å². The Hall–Kier alpha value is -3.42. The number of benzene rings is 1. The van der Waals surface area contributed by atoms with Crippen molar-refractivity contribution in [1.82, 2.24) is 15.2 Å². The fraction of sp³-hybridized carbons (Fsp3) is 0.481. The van der Waals surface area contributed by atoms with Crippen LogP contribution in [0.1, 0.15) is 91.6 Å². The summed E-state index contributed by atoms with van der Waals surface area (Å²) in [5, 5.41) is 22.2. The number of phenols is 1. The number of phenolic OH excluding ortho intramolecular Hbond substituents is 1. The lowest BCUT2D eigenvalue weighted by Gasteiger charge is -2.28. The Kier molecular flexibility index (Phi) is 6.97. The van der Waals surface area contributed by atoms with Gasteiger partial charge in [0.15, 0.2) is 5.78 Å². The number of hydrogen-bond donors (Lipinski definition) is 3. The summed E-state index contributed by atoms with van der Waals surface area (Å²) >= 11 is 0. The van der Waals surface area contributed by atoms with Gasteiger partial charge in [0, 0.05) is 29.3 Å². The van der Waals surface area contributed by atoms with Crippen molar-refractivity contribution in [3.05, 3.63) is 51.7 Å². The van der Waals surface area contributed by atoms with Gasteiger partial charge in [0.05, 0.1) is 25.4 Å². The van der Waals surface area contributed by atoms with Crippen LogP contribution < -0.4 is 10.1 Å².